The maximum atomic E-state index is 6.41. The van der Waals surface area contributed by atoms with E-state index in [1.807, 2.05) is 79.0 Å². The summed E-state index contributed by atoms with van der Waals surface area (Å²) >= 11 is 3.44. The number of hydrogen-bond acceptors (Lipinski definition) is 8. The zero-order valence-corrected chi connectivity index (χ0v) is 57.4. The Balaban J connectivity index is 0.000000123. The first-order valence-electron chi connectivity index (χ1n) is 33.5. The molecule has 99 heavy (non-hydrogen) atoms. The molecule has 12 aromatic carbocycles. The number of hydrogen-bond donors (Lipinski definition) is 0. The number of aromatic nitrogens is 4. The monoisotopic (exact) mass is 1350 g/mol. The van der Waals surface area contributed by atoms with Gasteiger partial charge in [-0.05, 0) is 224 Å². The number of oxazole rings is 2. The molecular formula is C89H72BBrN4O4. The molecule has 0 atom stereocenters. The van der Waals surface area contributed by atoms with Crippen molar-refractivity contribution >= 4 is 94.1 Å². The molecule has 0 saturated carbocycles. The van der Waals surface area contributed by atoms with Gasteiger partial charge in [0, 0.05) is 49.6 Å². The molecule has 8 nitrogen and oxygen atoms in total. The van der Waals surface area contributed by atoms with Crippen LogP contribution in [0.5, 0.6) is 0 Å². The molecule has 1 fully saturated rings. The Bertz CT molecular complexity index is 5890. The Morgan fingerprint density at radius 2 is 0.717 bits per heavy atom. The van der Waals surface area contributed by atoms with Crippen molar-refractivity contribution in [2.24, 2.45) is 0 Å². The minimum Gasteiger partial charge on any atom is -0.436 e. The van der Waals surface area contributed by atoms with Crippen molar-refractivity contribution in [3.05, 3.63) is 294 Å². The molecule has 482 valence electrons. The molecule has 16 aromatic rings. The third-order valence-electron chi connectivity index (χ3n) is 20.9. The second-order valence-electron chi connectivity index (χ2n) is 28.1. The first-order valence-corrected chi connectivity index (χ1v) is 34.3. The maximum absolute atomic E-state index is 6.41. The smallest absolute Gasteiger partial charge is 0.436 e. The van der Waals surface area contributed by atoms with Crippen molar-refractivity contribution in [3.8, 4) is 78.5 Å². The predicted octanol–water partition coefficient (Wildman–Crippen LogP) is 23.4. The van der Waals surface area contributed by atoms with E-state index in [0.29, 0.717) is 11.8 Å². The minimum absolute atomic E-state index is 0. The van der Waals surface area contributed by atoms with Crippen LogP contribution < -0.4 is 5.46 Å². The Morgan fingerprint density at radius 1 is 0.323 bits per heavy atom. The molecular weight excluding hydrogens is 1280 g/mol. The Morgan fingerprint density at radius 3 is 1.23 bits per heavy atom. The summed E-state index contributed by atoms with van der Waals surface area (Å²) in [7, 11) is -0.377. The number of pyridine rings is 2. The molecule has 0 spiro atoms. The van der Waals surface area contributed by atoms with Gasteiger partial charge in [0.05, 0.1) is 22.2 Å². The highest BCUT2D eigenvalue weighted by molar-refractivity contribution is 9.10. The van der Waals surface area contributed by atoms with E-state index >= 15 is 0 Å². The lowest BCUT2D eigenvalue weighted by Gasteiger charge is -2.32. The van der Waals surface area contributed by atoms with Gasteiger partial charge < -0.3 is 18.1 Å². The average molecular weight is 1350 g/mol. The number of halogens is 1. The van der Waals surface area contributed by atoms with Gasteiger partial charge in [0.2, 0.25) is 11.8 Å². The van der Waals surface area contributed by atoms with E-state index in [-0.39, 0.29) is 36.6 Å². The van der Waals surface area contributed by atoms with Crippen molar-refractivity contribution in [1.82, 2.24) is 19.9 Å². The number of fused-ring (bicyclic) bond motifs is 12. The van der Waals surface area contributed by atoms with E-state index in [2.05, 4.69) is 268 Å². The van der Waals surface area contributed by atoms with Crippen LogP contribution in [0.15, 0.2) is 280 Å². The summed E-state index contributed by atoms with van der Waals surface area (Å²) in [5.74, 6) is 1.24. The summed E-state index contributed by atoms with van der Waals surface area (Å²) in [6.45, 7) is 17.8. The molecule has 0 amide bonds. The molecule has 0 N–H and O–H groups in total. The molecule has 0 bridgehead atoms. The summed E-state index contributed by atoms with van der Waals surface area (Å²) in [5.41, 5.74) is 25.7. The fourth-order valence-corrected chi connectivity index (χ4v) is 15.3. The van der Waals surface area contributed by atoms with E-state index in [1.165, 1.54) is 93.9 Å². The lowest BCUT2D eigenvalue weighted by Crippen LogP contribution is -2.41. The average Bonchev–Trinajstić information content (AvgIpc) is 1.61. The highest BCUT2D eigenvalue weighted by Gasteiger charge is 2.52. The topological polar surface area (TPSA) is 96.3 Å². The van der Waals surface area contributed by atoms with Crippen molar-refractivity contribution in [2.45, 2.75) is 84.8 Å². The van der Waals surface area contributed by atoms with Gasteiger partial charge in [-0.1, -0.05) is 215 Å². The van der Waals surface area contributed by atoms with Crippen LogP contribution >= 0.6 is 15.9 Å². The summed E-state index contributed by atoms with van der Waals surface area (Å²) in [4.78, 5) is 18.2. The summed E-state index contributed by atoms with van der Waals surface area (Å²) in [6, 6.07) is 90.1. The van der Waals surface area contributed by atoms with Crippen molar-refractivity contribution in [2.75, 3.05) is 0 Å². The molecule has 0 unspecified atom stereocenters. The molecule has 1 saturated heterocycles. The zero-order valence-electron chi connectivity index (χ0n) is 55.8. The standard InChI is InChI=1S/C41H28N2O.C31H31BO2.C16H9BrN2O.CH4/c1-41(2)35-12-6-5-11-33(35)34-16-13-25(23-36(34)41)29-17-18-30(32-10-4-3-9-31(29)32)26-15-20-39-38(24-26)43-40(44-39)28-14-19-37-27(22-28)8-7-21-42-37;1-29(2)26-14-10-9-12-23(26)24-16-15-20(19-27(24)29)21-17-18-28(25-13-8-7-11-22(21)25)32-33-30(3,4)31(5,6)34-32;17-12-4-6-15-14(9-12)19-16(20-15)11-3-5-13-10(8-11)2-1-7-18-13;/h3-24H,1-2H3;7-19H,1-6H3;1-9H;1H4. The van der Waals surface area contributed by atoms with E-state index in [0.717, 1.165) is 70.6 Å². The molecule has 5 heterocycles. The van der Waals surface area contributed by atoms with E-state index in [4.69, 9.17) is 23.1 Å². The molecule has 0 radical (unpaired) electrons. The maximum Gasteiger partial charge on any atom is 0.495 e. The van der Waals surface area contributed by atoms with Crippen LogP contribution in [0.4, 0.5) is 0 Å². The van der Waals surface area contributed by atoms with Gasteiger partial charge in [-0.3, -0.25) is 9.97 Å². The largest absolute Gasteiger partial charge is 0.495 e. The lowest BCUT2D eigenvalue weighted by molar-refractivity contribution is 0.00578. The van der Waals surface area contributed by atoms with E-state index in [9.17, 15) is 0 Å². The lowest BCUT2D eigenvalue weighted by atomic mass is 9.74. The molecule has 4 aromatic heterocycles. The first kappa shape index (κ1) is 63.1. The molecule has 1 aliphatic heterocycles. The van der Waals surface area contributed by atoms with Crippen molar-refractivity contribution < 1.29 is 18.1 Å². The van der Waals surface area contributed by atoms with Gasteiger partial charge in [0.1, 0.15) is 11.0 Å². The Labute approximate surface area is 585 Å². The number of nitrogens with zero attached hydrogens (tertiary/aromatic N) is 4. The molecule has 10 heteroatoms. The molecule has 2 aliphatic carbocycles. The van der Waals surface area contributed by atoms with Crippen LogP contribution in [0.1, 0.15) is 85.1 Å². The van der Waals surface area contributed by atoms with Crippen LogP contribution in [0.3, 0.4) is 0 Å². The van der Waals surface area contributed by atoms with Gasteiger partial charge >= 0.3 is 7.12 Å². The minimum atomic E-state index is -0.377. The fraction of sp³-hybridized carbons (Fsp3) is 0.146. The zero-order chi connectivity index (χ0) is 66.8. The van der Waals surface area contributed by atoms with Gasteiger partial charge in [0.25, 0.3) is 0 Å². The van der Waals surface area contributed by atoms with Crippen LogP contribution in [0, 0.1) is 0 Å². The Kier molecular flexibility index (Phi) is 15.4. The first-order chi connectivity index (χ1) is 47.4. The highest BCUT2D eigenvalue weighted by Crippen LogP contribution is 2.52. The fourth-order valence-electron chi connectivity index (χ4n) is 15.0. The summed E-state index contributed by atoms with van der Waals surface area (Å²) in [6.07, 6.45) is 3.60. The van der Waals surface area contributed by atoms with Gasteiger partial charge in [-0.25, -0.2) is 9.97 Å². The summed E-state index contributed by atoms with van der Waals surface area (Å²) in [5, 5.41) is 7.01. The van der Waals surface area contributed by atoms with Crippen molar-refractivity contribution in [1.29, 1.82) is 0 Å². The second-order valence-corrected chi connectivity index (χ2v) is 29.0. The number of rotatable bonds is 6. The van der Waals surface area contributed by atoms with E-state index < -0.39 is 0 Å². The van der Waals surface area contributed by atoms with Crippen LogP contribution in [-0.2, 0) is 20.1 Å². The highest BCUT2D eigenvalue weighted by atomic mass is 79.9. The number of benzene rings is 12. The van der Waals surface area contributed by atoms with Crippen LogP contribution in [-0.4, -0.2) is 38.3 Å². The van der Waals surface area contributed by atoms with E-state index in [1.54, 1.807) is 6.20 Å². The van der Waals surface area contributed by atoms with Crippen LogP contribution in [0.25, 0.3) is 144 Å². The second kappa shape index (κ2) is 24.1. The van der Waals surface area contributed by atoms with Gasteiger partial charge in [0.15, 0.2) is 11.2 Å². The molecule has 3 aliphatic rings. The third kappa shape index (κ3) is 10.8. The summed E-state index contributed by atoms with van der Waals surface area (Å²) < 4.78 is 25.8. The van der Waals surface area contributed by atoms with Gasteiger partial charge in [-0.15, -0.1) is 0 Å². The van der Waals surface area contributed by atoms with Crippen molar-refractivity contribution in [3.63, 3.8) is 0 Å². The molecule has 19 rings (SSSR count). The predicted molar refractivity (Wildman–Crippen MR) is 413 cm³/mol. The quantitative estimate of drug-likeness (QED) is 0.152. The van der Waals surface area contributed by atoms with Gasteiger partial charge in [-0.2, -0.15) is 0 Å². The SMILES string of the molecule is Brc1ccc2oc(-c3ccc4ncccc4c3)nc2c1.C.CC1(C)c2ccccc2-c2ccc(-c3ccc(-c4ccc5oc(-c6ccc7ncccc7c6)nc5c4)c4ccccc34)cc21.CC1(C)c2ccccc2-c2ccc(-c3ccc(B4OC(C)(C)C(C)(C)O4)c4ccccc34)cc21. The Hall–Kier alpha value is -10.6. The normalized spacial score (nSPS) is 14.9. The third-order valence-corrected chi connectivity index (χ3v) is 21.4. The van der Waals surface area contributed by atoms with Crippen LogP contribution in [0.2, 0.25) is 0 Å².